The molecule has 0 saturated carbocycles. The largest absolute Gasteiger partial charge is 0.455 e. The third-order valence-electron chi connectivity index (χ3n) is 4.53. The standard InChI is InChI=1S/C24H17ClN2O6/c1-13(28)31-18-10-20(32-14(2)29)22-21(11-18)33-24-15(4-3-5-19(24)23(22)30)12-26-27-17-8-6-16(25)7-9-17/h3-12,27H,1-2H3/b26-12-. The van der Waals surface area contributed by atoms with Crippen molar-refractivity contribution in [2.75, 3.05) is 5.43 Å². The minimum Gasteiger partial charge on any atom is -0.455 e. The lowest BCUT2D eigenvalue weighted by atomic mass is 10.1. The molecule has 166 valence electrons. The van der Waals surface area contributed by atoms with Crippen LogP contribution in [0.4, 0.5) is 5.69 Å². The Labute approximate surface area is 192 Å². The first-order valence-corrected chi connectivity index (χ1v) is 10.1. The topological polar surface area (TPSA) is 107 Å². The van der Waals surface area contributed by atoms with E-state index in [0.29, 0.717) is 10.6 Å². The van der Waals surface area contributed by atoms with Crippen LogP contribution in [0.1, 0.15) is 19.4 Å². The Morgan fingerprint density at radius 1 is 1.03 bits per heavy atom. The summed E-state index contributed by atoms with van der Waals surface area (Å²) in [5, 5.41) is 5.13. The first kappa shape index (κ1) is 22.0. The van der Waals surface area contributed by atoms with Gasteiger partial charge in [0, 0.05) is 36.6 Å². The molecule has 0 aliphatic rings. The molecule has 0 radical (unpaired) electrons. The first-order chi connectivity index (χ1) is 15.8. The van der Waals surface area contributed by atoms with Gasteiger partial charge in [-0.2, -0.15) is 5.10 Å². The molecule has 0 spiro atoms. The Bertz CT molecular complexity index is 1470. The number of esters is 2. The predicted octanol–water partition coefficient (Wildman–Crippen LogP) is 4.90. The van der Waals surface area contributed by atoms with Crippen molar-refractivity contribution in [2.45, 2.75) is 13.8 Å². The summed E-state index contributed by atoms with van der Waals surface area (Å²) in [6.07, 6.45) is 1.51. The van der Waals surface area contributed by atoms with Gasteiger partial charge in [0.2, 0.25) is 5.43 Å². The first-order valence-electron chi connectivity index (χ1n) is 9.77. The molecule has 0 unspecified atom stereocenters. The fourth-order valence-electron chi connectivity index (χ4n) is 3.23. The number of carbonyl (C=O) groups excluding carboxylic acids is 2. The lowest BCUT2D eigenvalue weighted by Gasteiger charge is -2.10. The maximum Gasteiger partial charge on any atom is 0.308 e. The third-order valence-corrected chi connectivity index (χ3v) is 4.78. The highest BCUT2D eigenvalue weighted by Crippen LogP contribution is 2.32. The fourth-order valence-corrected chi connectivity index (χ4v) is 3.35. The Hall–Kier alpha value is -4.17. The highest BCUT2D eigenvalue weighted by atomic mass is 35.5. The molecule has 0 aliphatic carbocycles. The zero-order valence-corrected chi connectivity index (χ0v) is 18.3. The Balaban J connectivity index is 1.84. The van der Waals surface area contributed by atoms with E-state index in [4.69, 9.17) is 25.5 Å². The van der Waals surface area contributed by atoms with Crippen molar-refractivity contribution in [3.05, 3.63) is 75.4 Å². The molecule has 4 aromatic rings. The molecule has 8 nitrogen and oxygen atoms in total. The normalized spacial score (nSPS) is 11.1. The molecule has 1 N–H and O–H groups in total. The van der Waals surface area contributed by atoms with Crippen molar-refractivity contribution in [3.63, 3.8) is 0 Å². The average Bonchev–Trinajstić information content (AvgIpc) is 2.74. The van der Waals surface area contributed by atoms with E-state index in [1.165, 1.54) is 32.2 Å². The quantitative estimate of drug-likeness (QED) is 0.147. The fraction of sp³-hybridized carbons (Fsp3) is 0.0833. The Kier molecular flexibility index (Phi) is 6.10. The summed E-state index contributed by atoms with van der Waals surface area (Å²) in [7, 11) is 0. The number of fused-ring (bicyclic) bond motifs is 2. The Morgan fingerprint density at radius 2 is 1.76 bits per heavy atom. The number of hydrazone groups is 1. The van der Waals surface area contributed by atoms with Gasteiger partial charge in [-0.3, -0.25) is 19.8 Å². The number of rotatable bonds is 5. The number of benzene rings is 3. The second kappa shape index (κ2) is 9.13. The van der Waals surface area contributed by atoms with E-state index in [1.54, 1.807) is 42.5 Å². The van der Waals surface area contributed by atoms with Crippen molar-refractivity contribution in [2.24, 2.45) is 5.10 Å². The number of nitrogens with zero attached hydrogens (tertiary/aromatic N) is 1. The van der Waals surface area contributed by atoms with Gasteiger partial charge in [-0.25, -0.2) is 0 Å². The van der Waals surface area contributed by atoms with Crippen LogP contribution in [0.3, 0.4) is 0 Å². The predicted molar refractivity (Wildman–Crippen MR) is 125 cm³/mol. The van der Waals surface area contributed by atoms with Gasteiger partial charge < -0.3 is 13.9 Å². The molecule has 4 rings (SSSR count). The number of hydrogen-bond donors (Lipinski definition) is 1. The van der Waals surface area contributed by atoms with Crippen LogP contribution >= 0.6 is 11.6 Å². The van der Waals surface area contributed by atoms with Gasteiger partial charge in [-0.05, 0) is 36.4 Å². The SMILES string of the molecule is CC(=O)Oc1cc(OC(C)=O)c2c(=O)c3cccc(/C=N\Nc4ccc(Cl)cc4)c3oc2c1. The molecule has 1 aromatic heterocycles. The van der Waals surface area contributed by atoms with E-state index in [-0.39, 0.29) is 33.4 Å². The number of para-hydroxylation sites is 1. The molecule has 0 saturated heterocycles. The minimum atomic E-state index is -0.634. The summed E-state index contributed by atoms with van der Waals surface area (Å²) in [5.74, 6) is -1.20. The Morgan fingerprint density at radius 3 is 2.45 bits per heavy atom. The molecule has 0 atom stereocenters. The highest BCUT2D eigenvalue weighted by Gasteiger charge is 2.18. The van der Waals surface area contributed by atoms with Crippen LogP contribution in [0.25, 0.3) is 21.9 Å². The number of hydrogen-bond acceptors (Lipinski definition) is 8. The van der Waals surface area contributed by atoms with Crippen molar-refractivity contribution >= 4 is 57.4 Å². The summed E-state index contributed by atoms with van der Waals surface area (Å²) in [4.78, 5) is 36.3. The van der Waals surface area contributed by atoms with E-state index in [2.05, 4.69) is 10.5 Å². The van der Waals surface area contributed by atoms with Gasteiger partial charge in [-0.1, -0.05) is 17.7 Å². The zero-order valence-electron chi connectivity index (χ0n) is 17.5. The van der Waals surface area contributed by atoms with Gasteiger partial charge >= 0.3 is 11.9 Å². The smallest absolute Gasteiger partial charge is 0.308 e. The van der Waals surface area contributed by atoms with Crippen molar-refractivity contribution < 1.29 is 23.5 Å². The van der Waals surface area contributed by atoms with Crippen LogP contribution in [0.15, 0.2) is 68.9 Å². The molecule has 9 heteroatoms. The second-order valence-corrected chi connectivity index (χ2v) is 7.45. The summed E-state index contributed by atoms with van der Waals surface area (Å²) >= 11 is 5.88. The molecular formula is C24H17ClN2O6. The average molecular weight is 465 g/mol. The van der Waals surface area contributed by atoms with Crippen LogP contribution in [0.5, 0.6) is 11.5 Å². The maximum atomic E-state index is 13.3. The van der Waals surface area contributed by atoms with Crippen LogP contribution in [0, 0.1) is 0 Å². The van der Waals surface area contributed by atoms with E-state index in [1.807, 2.05) is 0 Å². The third kappa shape index (κ3) is 4.86. The van der Waals surface area contributed by atoms with Gasteiger partial charge in [-0.15, -0.1) is 0 Å². The molecule has 3 aromatic carbocycles. The number of carbonyl (C=O) groups is 2. The van der Waals surface area contributed by atoms with Gasteiger partial charge in [0.15, 0.2) is 0 Å². The monoisotopic (exact) mass is 464 g/mol. The summed E-state index contributed by atoms with van der Waals surface area (Å²) in [5.41, 5.74) is 4.08. The van der Waals surface area contributed by atoms with Gasteiger partial charge in [0.25, 0.3) is 0 Å². The van der Waals surface area contributed by atoms with Crippen LogP contribution in [-0.4, -0.2) is 18.2 Å². The van der Waals surface area contributed by atoms with E-state index in [9.17, 15) is 14.4 Å². The minimum absolute atomic E-state index is 0.0574. The molecule has 1 heterocycles. The van der Waals surface area contributed by atoms with Gasteiger partial charge in [0.05, 0.1) is 17.3 Å². The summed E-state index contributed by atoms with van der Waals surface area (Å²) in [6.45, 7) is 2.43. The lowest BCUT2D eigenvalue weighted by molar-refractivity contribution is -0.132. The van der Waals surface area contributed by atoms with Crippen LogP contribution in [0.2, 0.25) is 5.02 Å². The number of halogens is 1. The lowest BCUT2D eigenvalue weighted by Crippen LogP contribution is -2.10. The number of anilines is 1. The number of ether oxygens (including phenoxy) is 2. The summed E-state index contributed by atoms with van der Waals surface area (Å²) < 4.78 is 16.3. The van der Waals surface area contributed by atoms with E-state index in [0.717, 1.165) is 5.69 Å². The van der Waals surface area contributed by atoms with Gasteiger partial charge in [0.1, 0.15) is 28.1 Å². The molecule has 0 aliphatic heterocycles. The van der Waals surface area contributed by atoms with Crippen molar-refractivity contribution in [3.8, 4) is 11.5 Å². The van der Waals surface area contributed by atoms with Crippen molar-refractivity contribution in [1.29, 1.82) is 0 Å². The maximum absolute atomic E-state index is 13.3. The molecule has 33 heavy (non-hydrogen) atoms. The van der Waals surface area contributed by atoms with Crippen LogP contribution < -0.4 is 20.3 Å². The van der Waals surface area contributed by atoms with E-state index < -0.39 is 17.4 Å². The van der Waals surface area contributed by atoms with Crippen LogP contribution in [-0.2, 0) is 9.59 Å². The molecule has 0 bridgehead atoms. The number of nitrogens with one attached hydrogen (secondary N) is 1. The molecule has 0 amide bonds. The van der Waals surface area contributed by atoms with E-state index >= 15 is 0 Å². The highest BCUT2D eigenvalue weighted by molar-refractivity contribution is 6.30. The molecule has 0 fully saturated rings. The van der Waals surface area contributed by atoms with Crippen molar-refractivity contribution in [1.82, 2.24) is 0 Å². The molecular weight excluding hydrogens is 448 g/mol. The summed E-state index contributed by atoms with van der Waals surface area (Å²) in [6, 6.07) is 14.7. The second-order valence-electron chi connectivity index (χ2n) is 7.01. The zero-order chi connectivity index (χ0) is 23.5.